The van der Waals surface area contributed by atoms with Crippen LogP contribution < -0.4 is 5.32 Å². The zero-order valence-electron chi connectivity index (χ0n) is 12.2. The van der Waals surface area contributed by atoms with Gasteiger partial charge in [0.05, 0.1) is 0 Å². The molecule has 112 valence electrons. The summed E-state index contributed by atoms with van der Waals surface area (Å²) in [4.78, 5) is 2.47. The second-order valence-electron chi connectivity index (χ2n) is 4.93. The molecule has 0 amide bonds. The van der Waals surface area contributed by atoms with Crippen molar-refractivity contribution in [3.05, 3.63) is 57.0 Å². The lowest BCUT2D eigenvalue weighted by atomic mass is 10.1. The Balaban J connectivity index is 2.12. The molecule has 0 fully saturated rings. The van der Waals surface area contributed by atoms with E-state index in [-0.39, 0.29) is 0 Å². The summed E-state index contributed by atoms with van der Waals surface area (Å²) in [6.07, 6.45) is 1.16. The molecular weight excluding hydrogens is 410 g/mol. The van der Waals surface area contributed by atoms with E-state index in [1.54, 1.807) is 11.8 Å². The molecule has 1 atom stereocenters. The van der Waals surface area contributed by atoms with Gasteiger partial charge in [0.1, 0.15) is 0 Å². The molecule has 0 bridgehead atoms. The molecule has 0 aliphatic heterocycles. The van der Waals surface area contributed by atoms with Crippen LogP contribution in [0.25, 0.3) is 0 Å². The van der Waals surface area contributed by atoms with Gasteiger partial charge in [0.25, 0.3) is 0 Å². The minimum absolute atomic E-state index is 0.381. The largest absolute Gasteiger partial charge is 0.310 e. The van der Waals surface area contributed by atoms with Crippen LogP contribution in [0.4, 0.5) is 0 Å². The van der Waals surface area contributed by atoms with Gasteiger partial charge in [-0.1, -0.05) is 46.7 Å². The Labute approximate surface area is 148 Å². The Morgan fingerprint density at radius 3 is 2.62 bits per heavy atom. The highest BCUT2D eigenvalue weighted by Gasteiger charge is 2.08. The number of hydrogen-bond donors (Lipinski definition) is 1. The van der Waals surface area contributed by atoms with E-state index in [1.165, 1.54) is 15.4 Å². The van der Waals surface area contributed by atoms with Crippen LogP contribution >= 0.6 is 43.6 Å². The van der Waals surface area contributed by atoms with Crippen molar-refractivity contribution in [2.45, 2.75) is 36.1 Å². The van der Waals surface area contributed by atoms with Gasteiger partial charge in [0, 0.05) is 24.8 Å². The van der Waals surface area contributed by atoms with Gasteiger partial charge in [0.15, 0.2) is 0 Å². The molecule has 0 aliphatic carbocycles. The first kappa shape index (κ1) is 17.1. The Hall–Kier alpha value is -0.290. The minimum Gasteiger partial charge on any atom is -0.310 e. The van der Waals surface area contributed by atoms with Crippen molar-refractivity contribution < 1.29 is 0 Å². The van der Waals surface area contributed by atoms with Crippen molar-refractivity contribution in [2.24, 2.45) is 0 Å². The second-order valence-corrected chi connectivity index (χ2v) is 7.81. The van der Waals surface area contributed by atoms with E-state index >= 15 is 0 Å². The third-order valence-corrected chi connectivity index (χ3v) is 5.66. The van der Waals surface area contributed by atoms with Crippen LogP contribution in [0.3, 0.4) is 0 Å². The zero-order chi connectivity index (χ0) is 15.2. The first-order chi connectivity index (χ1) is 10.1. The lowest BCUT2D eigenvalue weighted by Crippen LogP contribution is -2.19. The lowest BCUT2D eigenvalue weighted by Gasteiger charge is -2.15. The van der Waals surface area contributed by atoms with Gasteiger partial charge >= 0.3 is 0 Å². The minimum atomic E-state index is 0.381. The fourth-order valence-corrected chi connectivity index (χ4v) is 4.07. The number of nitrogens with one attached hydrogen (secondary N) is 1. The van der Waals surface area contributed by atoms with Crippen LogP contribution in [0.2, 0.25) is 0 Å². The Morgan fingerprint density at radius 1 is 1.14 bits per heavy atom. The zero-order valence-corrected chi connectivity index (χ0v) is 16.2. The predicted molar refractivity (Wildman–Crippen MR) is 99.1 cm³/mol. The van der Waals surface area contributed by atoms with Crippen LogP contribution in [0.5, 0.6) is 0 Å². The molecule has 2 rings (SSSR count). The molecule has 2 aromatic rings. The Morgan fingerprint density at radius 2 is 1.95 bits per heavy atom. The molecule has 0 radical (unpaired) electrons. The molecule has 4 heteroatoms. The van der Waals surface area contributed by atoms with Gasteiger partial charge in [-0.2, -0.15) is 0 Å². The van der Waals surface area contributed by atoms with Crippen LogP contribution in [0, 0.1) is 0 Å². The third-order valence-electron chi connectivity index (χ3n) is 3.18. The Bertz CT molecular complexity index is 601. The van der Waals surface area contributed by atoms with Gasteiger partial charge in [-0.3, -0.25) is 0 Å². The highest BCUT2D eigenvalue weighted by molar-refractivity contribution is 9.10. The smallest absolute Gasteiger partial charge is 0.0318 e. The van der Waals surface area contributed by atoms with E-state index in [9.17, 15) is 0 Å². The average Bonchev–Trinajstić information content (AvgIpc) is 2.47. The summed E-state index contributed by atoms with van der Waals surface area (Å²) in [6.45, 7) is 5.44. The molecule has 0 spiro atoms. The molecular formula is C17H19Br2NS. The van der Waals surface area contributed by atoms with Gasteiger partial charge in [0.2, 0.25) is 0 Å². The summed E-state index contributed by atoms with van der Waals surface area (Å²) in [5.41, 5.74) is 1.31. The van der Waals surface area contributed by atoms with Gasteiger partial charge in [-0.25, -0.2) is 0 Å². The van der Waals surface area contributed by atoms with Crippen molar-refractivity contribution in [2.75, 3.05) is 6.54 Å². The SMILES string of the molecule is CCCNC(C)c1ccc(Sc2cccc(Br)c2)c(Br)c1. The molecule has 0 saturated carbocycles. The molecule has 1 N–H and O–H groups in total. The summed E-state index contributed by atoms with van der Waals surface area (Å²) in [5, 5.41) is 3.52. The lowest BCUT2D eigenvalue weighted by molar-refractivity contribution is 0.570. The monoisotopic (exact) mass is 427 g/mol. The normalized spacial score (nSPS) is 12.4. The van der Waals surface area contributed by atoms with Crippen LogP contribution in [0.1, 0.15) is 31.9 Å². The van der Waals surface area contributed by atoms with Crippen LogP contribution in [-0.4, -0.2) is 6.54 Å². The molecule has 21 heavy (non-hydrogen) atoms. The molecule has 1 unspecified atom stereocenters. The molecule has 0 aromatic heterocycles. The Kier molecular flexibility index (Phi) is 6.80. The van der Waals surface area contributed by atoms with Crippen molar-refractivity contribution in [3.8, 4) is 0 Å². The number of benzene rings is 2. The van der Waals surface area contributed by atoms with Crippen molar-refractivity contribution >= 4 is 43.6 Å². The maximum atomic E-state index is 3.70. The van der Waals surface area contributed by atoms with Crippen molar-refractivity contribution in [1.82, 2.24) is 5.32 Å². The molecule has 0 heterocycles. The molecule has 1 nitrogen and oxygen atoms in total. The van der Waals surface area contributed by atoms with Crippen molar-refractivity contribution in [1.29, 1.82) is 0 Å². The van der Waals surface area contributed by atoms with Gasteiger partial charge < -0.3 is 5.32 Å². The van der Waals surface area contributed by atoms with Crippen LogP contribution in [-0.2, 0) is 0 Å². The molecule has 0 saturated heterocycles. The summed E-state index contributed by atoms with van der Waals surface area (Å²) in [5.74, 6) is 0. The maximum absolute atomic E-state index is 3.70. The summed E-state index contributed by atoms with van der Waals surface area (Å²) < 4.78 is 2.26. The van der Waals surface area contributed by atoms with Gasteiger partial charge in [-0.15, -0.1) is 0 Å². The topological polar surface area (TPSA) is 12.0 Å². The first-order valence-electron chi connectivity index (χ1n) is 7.06. The fraction of sp³-hybridized carbons (Fsp3) is 0.294. The highest BCUT2D eigenvalue weighted by atomic mass is 79.9. The van der Waals surface area contributed by atoms with E-state index in [0.29, 0.717) is 6.04 Å². The van der Waals surface area contributed by atoms with E-state index < -0.39 is 0 Å². The fourth-order valence-electron chi connectivity index (χ4n) is 2.01. The van der Waals surface area contributed by atoms with E-state index in [1.807, 2.05) is 6.07 Å². The highest BCUT2D eigenvalue weighted by Crippen LogP contribution is 2.35. The van der Waals surface area contributed by atoms with Crippen molar-refractivity contribution in [3.63, 3.8) is 0 Å². The predicted octanol–water partition coefficient (Wildman–Crippen LogP) is 6.42. The second kappa shape index (κ2) is 8.37. The third kappa shape index (κ3) is 5.13. The summed E-state index contributed by atoms with van der Waals surface area (Å²) >= 11 is 8.98. The quantitative estimate of drug-likeness (QED) is 0.569. The number of rotatable bonds is 6. The van der Waals surface area contributed by atoms with Gasteiger partial charge in [-0.05, 0) is 71.7 Å². The molecule has 0 aliphatic rings. The van der Waals surface area contributed by atoms with E-state index in [2.05, 4.69) is 87.4 Å². The number of hydrogen-bond acceptors (Lipinski definition) is 2. The summed E-state index contributed by atoms with van der Waals surface area (Å²) in [6, 6.07) is 15.4. The number of halogens is 2. The average molecular weight is 429 g/mol. The standard InChI is InChI=1S/C17H19Br2NS/c1-3-9-20-12(2)13-7-8-17(16(19)10-13)21-15-6-4-5-14(18)11-15/h4-8,10-12,20H,3,9H2,1-2H3. The summed E-state index contributed by atoms with van der Waals surface area (Å²) in [7, 11) is 0. The van der Waals surface area contributed by atoms with E-state index in [0.717, 1.165) is 21.9 Å². The maximum Gasteiger partial charge on any atom is 0.0318 e. The first-order valence-corrected chi connectivity index (χ1v) is 9.46. The van der Waals surface area contributed by atoms with Crippen LogP contribution in [0.15, 0.2) is 61.2 Å². The molecule has 2 aromatic carbocycles. The van der Waals surface area contributed by atoms with E-state index in [4.69, 9.17) is 0 Å².